The van der Waals surface area contributed by atoms with Crippen molar-refractivity contribution in [2.24, 2.45) is 5.10 Å². The summed E-state index contributed by atoms with van der Waals surface area (Å²) >= 11 is 0. The van der Waals surface area contributed by atoms with E-state index in [4.69, 9.17) is 4.74 Å². The number of halogens is 3. The summed E-state index contributed by atoms with van der Waals surface area (Å²) in [6.07, 6.45) is -3.75. The lowest BCUT2D eigenvalue weighted by molar-refractivity contribution is -0.384. The van der Waals surface area contributed by atoms with Gasteiger partial charge in [-0.15, -0.1) is 0 Å². The normalized spacial score (nSPS) is 11.9. The Kier molecular flexibility index (Phi) is 7.05. The van der Waals surface area contributed by atoms with E-state index in [1.54, 1.807) is 12.1 Å². The first-order valence-corrected chi connectivity index (χ1v) is 10.9. The van der Waals surface area contributed by atoms with Crippen LogP contribution in [0, 0.1) is 10.1 Å². The summed E-state index contributed by atoms with van der Waals surface area (Å²) in [7, 11) is -2.88. The number of nitro benzene ring substituents is 1. The number of alkyl halides is 3. The predicted octanol–water partition coefficient (Wildman–Crippen LogP) is 4.87. The fourth-order valence-electron chi connectivity index (χ4n) is 2.90. The van der Waals surface area contributed by atoms with Crippen LogP contribution in [-0.4, -0.2) is 26.7 Å². The molecule has 0 aliphatic heterocycles. The third kappa shape index (κ3) is 5.61. The van der Waals surface area contributed by atoms with E-state index in [2.05, 4.69) is 15.2 Å². The van der Waals surface area contributed by atoms with Crippen molar-refractivity contribution in [1.82, 2.24) is 0 Å². The highest BCUT2D eigenvalue weighted by molar-refractivity contribution is 7.92. The lowest BCUT2D eigenvalue weighted by atomic mass is 10.1. The lowest BCUT2D eigenvalue weighted by Crippen LogP contribution is -2.14. The van der Waals surface area contributed by atoms with E-state index >= 15 is 0 Å². The van der Waals surface area contributed by atoms with Gasteiger partial charge in [-0.2, -0.15) is 18.3 Å². The van der Waals surface area contributed by atoms with Crippen molar-refractivity contribution in [3.05, 3.63) is 88.0 Å². The lowest BCUT2D eigenvalue weighted by Gasteiger charge is -2.12. The fraction of sp³-hybridized carbons (Fsp3) is 0.0952. The van der Waals surface area contributed by atoms with Crippen LogP contribution in [0.1, 0.15) is 11.1 Å². The second-order valence-electron chi connectivity index (χ2n) is 6.70. The number of nitro groups is 1. The summed E-state index contributed by atoms with van der Waals surface area (Å²) in [4.78, 5) is 10.2. The second-order valence-corrected chi connectivity index (χ2v) is 8.38. The smallest absolute Gasteiger partial charge is 0.417 e. The summed E-state index contributed by atoms with van der Waals surface area (Å²) in [6.45, 7) is 0. The molecule has 178 valence electrons. The van der Waals surface area contributed by atoms with Crippen molar-refractivity contribution in [3.8, 4) is 5.75 Å². The van der Waals surface area contributed by atoms with Crippen LogP contribution in [0.4, 0.5) is 30.2 Å². The van der Waals surface area contributed by atoms with Crippen LogP contribution in [0.5, 0.6) is 5.75 Å². The van der Waals surface area contributed by atoms with Crippen molar-refractivity contribution in [2.45, 2.75) is 11.1 Å². The zero-order valence-electron chi connectivity index (χ0n) is 17.4. The van der Waals surface area contributed by atoms with Crippen LogP contribution in [0.25, 0.3) is 0 Å². The zero-order chi connectivity index (χ0) is 24.9. The van der Waals surface area contributed by atoms with E-state index < -0.39 is 37.3 Å². The number of nitrogens with one attached hydrogen (secondary N) is 2. The summed E-state index contributed by atoms with van der Waals surface area (Å²) in [6, 6.07) is 13.8. The zero-order valence-corrected chi connectivity index (χ0v) is 18.2. The van der Waals surface area contributed by atoms with Gasteiger partial charge in [0.15, 0.2) is 0 Å². The molecule has 0 aliphatic rings. The molecular weight excluding hydrogens is 477 g/mol. The van der Waals surface area contributed by atoms with Crippen LogP contribution < -0.4 is 14.9 Å². The van der Waals surface area contributed by atoms with Crippen LogP contribution in [0.2, 0.25) is 0 Å². The maximum Gasteiger partial charge on any atom is 0.417 e. The van der Waals surface area contributed by atoms with Gasteiger partial charge >= 0.3 is 6.18 Å². The van der Waals surface area contributed by atoms with Gasteiger partial charge in [-0.25, -0.2) is 8.42 Å². The fourth-order valence-corrected chi connectivity index (χ4v) is 3.99. The highest BCUT2D eigenvalue weighted by Crippen LogP contribution is 2.32. The Labute approximate surface area is 192 Å². The molecule has 3 aromatic rings. The highest BCUT2D eigenvalue weighted by Gasteiger charge is 2.32. The number of anilines is 2. The van der Waals surface area contributed by atoms with Gasteiger partial charge in [0, 0.05) is 11.6 Å². The number of hydrazone groups is 1. The number of hydrogen-bond donors (Lipinski definition) is 2. The minimum atomic E-state index is -4.61. The van der Waals surface area contributed by atoms with E-state index in [9.17, 15) is 31.7 Å². The van der Waals surface area contributed by atoms with E-state index in [1.807, 2.05) is 0 Å². The van der Waals surface area contributed by atoms with Crippen molar-refractivity contribution in [3.63, 3.8) is 0 Å². The first kappa shape index (κ1) is 24.5. The van der Waals surface area contributed by atoms with Crippen molar-refractivity contribution < 1.29 is 31.2 Å². The summed E-state index contributed by atoms with van der Waals surface area (Å²) in [5.74, 6) is 0.243. The molecule has 13 heteroatoms. The Morgan fingerprint density at radius 2 is 1.71 bits per heavy atom. The number of sulfonamides is 1. The summed E-state index contributed by atoms with van der Waals surface area (Å²) in [5, 5.41) is 15.2. The van der Waals surface area contributed by atoms with E-state index in [0.29, 0.717) is 0 Å². The topological polar surface area (TPSA) is 123 Å². The Bertz CT molecular complexity index is 1340. The van der Waals surface area contributed by atoms with E-state index in [0.717, 1.165) is 30.5 Å². The van der Waals surface area contributed by atoms with Crippen molar-refractivity contribution in [1.29, 1.82) is 0 Å². The maximum atomic E-state index is 13.1. The predicted molar refractivity (Wildman–Crippen MR) is 120 cm³/mol. The van der Waals surface area contributed by atoms with Gasteiger partial charge < -0.3 is 4.74 Å². The SMILES string of the molecule is COc1ccccc1NS(=O)(=O)c1ccc(N/N=C\c2ccccc2C(F)(F)F)c([N+](=O)[O-])c1. The van der Waals surface area contributed by atoms with Crippen LogP contribution in [-0.2, 0) is 16.2 Å². The number of ether oxygens (including phenoxy) is 1. The molecule has 0 spiro atoms. The molecule has 9 nitrogen and oxygen atoms in total. The monoisotopic (exact) mass is 494 g/mol. The number of rotatable bonds is 8. The summed E-state index contributed by atoms with van der Waals surface area (Å²) in [5.41, 5.74) is 0.361. The summed E-state index contributed by atoms with van der Waals surface area (Å²) < 4.78 is 72.1. The third-order valence-corrected chi connectivity index (χ3v) is 5.85. The molecule has 2 N–H and O–H groups in total. The van der Waals surface area contributed by atoms with Gasteiger partial charge in [0.1, 0.15) is 11.4 Å². The molecule has 0 radical (unpaired) electrons. The Balaban J connectivity index is 1.88. The molecule has 0 bridgehead atoms. The highest BCUT2D eigenvalue weighted by atomic mass is 32.2. The average molecular weight is 494 g/mol. The van der Waals surface area contributed by atoms with Gasteiger partial charge in [0.05, 0.1) is 34.4 Å². The van der Waals surface area contributed by atoms with Gasteiger partial charge in [-0.1, -0.05) is 30.3 Å². The maximum absolute atomic E-state index is 13.1. The molecule has 3 rings (SSSR count). The molecule has 0 heterocycles. The molecule has 0 saturated carbocycles. The van der Waals surface area contributed by atoms with Crippen molar-refractivity contribution in [2.75, 3.05) is 17.3 Å². The molecule has 0 saturated heterocycles. The largest absolute Gasteiger partial charge is 0.495 e. The Morgan fingerprint density at radius 1 is 1.03 bits per heavy atom. The van der Waals surface area contributed by atoms with Crippen LogP contribution >= 0.6 is 0 Å². The molecule has 34 heavy (non-hydrogen) atoms. The van der Waals surface area contributed by atoms with E-state index in [-0.39, 0.29) is 22.7 Å². The molecule has 0 aliphatic carbocycles. The van der Waals surface area contributed by atoms with Gasteiger partial charge in [0.2, 0.25) is 0 Å². The quantitative estimate of drug-likeness (QED) is 0.262. The minimum Gasteiger partial charge on any atom is -0.495 e. The first-order valence-electron chi connectivity index (χ1n) is 9.42. The van der Waals surface area contributed by atoms with Crippen LogP contribution in [0.3, 0.4) is 0 Å². The van der Waals surface area contributed by atoms with Gasteiger partial charge in [-0.05, 0) is 30.3 Å². The molecular formula is C21H17F3N4O5S. The first-order chi connectivity index (χ1) is 16.0. The molecule has 0 atom stereocenters. The van der Waals surface area contributed by atoms with Gasteiger partial charge in [0.25, 0.3) is 15.7 Å². The number of benzene rings is 3. The standard InChI is InChI=1S/C21H17F3N4O5S/c1-33-20-9-5-4-8-18(20)27-34(31,32)15-10-11-17(19(12-15)28(29)30)26-25-13-14-6-2-3-7-16(14)21(22,23)24/h2-13,26-27H,1H3/b25-13-. The number of para-hydroxylation sites is 2. The molecule has 3 aromatic carbocycles. The van der Waals surface area contributed by atoms with Crippen LogP contribution in [0.15, 0.2) is 76.7 Å². The third-order valence-electron chi connectivity index (χ3n) is 4.48. The average Bonchev–Trinajstić information content (AvgIpc) is 2.79. The van der Waals surface area contributed by atoms with Gasteiger partial charge in [-0.3, -0.25) is 20.3 Å². The number of hydrogen-bond acceptors (Lipinski definition) is 7. The van der Waals surface area contributed by atoms with Crippen molar-refractivity contribution >= 4 is 33.3 Å². The number of nitrogens with zero attached hydrogens (tertiary/aromatic N) is 2. The minimum absolute atomic E-state index is 0.128. The number of methoxy groups -OCH3 is 1. The molecule has 0 amide bonds. The Morgan fingerprint density at radius 3 is 2.38 bits per heavy atom. The van der Waals surface area contributed by atoms with E-state index in [1.165, 1.54) is 37.4 Å². The molecule has 0 aromatic heterocycles. The molecule has 0 unspecified atom stereocenters. The second kappa shape index (κ2) is 9.79. The molecule has 0 fully saturated rings. The Hall–Kier alpha value is -4.13.